The molecular weight excluding hydrogens is 255 g/mol. The Morgan fingerprint density at radius 2 is 1.85 bits per heavy atom. The molecule has 0 heterocycles. The van der Waals surface area contributed by atoms with E-state index in [4.69, 9.17) is 39.9 Å². The first kappa shape index (κ1) is 16.0. The van der Waals surface area contributed by atoms with Gasteiger partial charge in [0.05, 0.1) is 0 Å². The zero-order valence-corrected chi connectivity index (χ0v) is 10.1. The molecule has 0 aromatic carbocycles. The largest absolute Gasteiger partial charge is 2.00 e. The third-order valence-corrected chi connectivity index (χ3v) is 1.02. The standard InChI is InChI=1S/C5H5Cl3O4.Mg.2H/c6-5(7,8)2-12-4(11)1-3(9)10;;;/h1-2H2,(H,9,10);;;/q;+2;2*-1. The summed E-state index contributed by atoms with van der Waals surface area (Å²) >= 11 is 15.7. The maximum Gasteiger partial charge on any atom is 2.00 e. The van der Waals surface area contributed by atoms with Gasteiger partial charge >= 0.3 is 35.0 Å². The van der Waals surface area contributed by atoms with Gasteiger partial charge in [0.2, 0.25) is 3.79 Å². The third-order valence-electron chi connectivity index (χ3n) is 0.692. The molecule has 0 saturated heterocycles. The van der Waals surface area contributed by atoms with Crippen LogP contribution in [0.2, 0.25) is 0 Å². The topological polar surface area (TPSA) is 63.6 Å². The Morgan fingerprint density at radius 3 is 2.15 bits per heavy atom. The molecule has 0 bridgehead atoms. The van der Waals surface area contributed by atoms with Crippen LogP contribution in [0.4, 0.5) is 0 Å². The van der Waals surface area contributed by atoms with Crippen LogP contribution in [0.1, 0.15) is 9.27 Å². The van der Waals surface area contributed by atoms with Crippen LogP contribution in [0.5, 0.6) is 0 Å². The van der Waals surface area contributed by atoms with Crippen molar-refractivity contribution in [3.63, 3.8) is 0 Å². The van der Waals surface area contributed by atoms with Crippen LogP contribution >= 0.6 is 34.8 Å². The van der Waals surface area contributed by atoms with Crippen LogP contribution in [0.3, 0.4) is 0 Å². The normalized spacial score (nSPS) is 10.1. The monoisotopic (exact) mass is 260 g/mol. The van der Waals surface area contributed by atoms with Crippen LogP contribution in [0, 0.1) is 0 Å². The molecule has 1 N–H and O–H groups in total. The molecule has 13 heavy (non-hydrogen) atoms. The minimum Gasteiger partial charge on any atom is -1.00 e. The summed E-state index contributed by atoms with van der Waals surface area (Å²) in [6.45, 7) is -0.455. The van der Waals surface area contributed by atoms with Gasteiger partial charge in [-0.25, -0.2) is 0 Å². The van der Waals surface area contributed by atoms with Gasteiger partial charge in [0.25, 0.3) is 0 Å². The van der Waals surface area contributed by atoms with E-state index in [-0.39, 0.29) is 25.9 Å². The Hall–Kier alpha value is 0.576. The number of ether oxygens (including phenoxy) is 1. The van der Waals surface area contributed by atoms with E-state index < -0.39 is 28.8 Å². The summed E-state index contributed by atoms with van der Waals surface area (Å²) in [5, 5.41) is 8.11. The number of hydrogen-bond acceptors (Lipinski definition) is 3. The zero-order chi connectivity index (χ0) is 9.78. The molecule has 0 radical (unpaired) electrons. The van der Waals surface area contributed by atoms with E-state index in [2.05, 4.69) is 4.74 Å². The maximum absolute atomic E-state index is 10.5. The SMILES string of the molecule is O=C(O)CC(=O)OCC(Cl)(Cl)Cl.[H-].[H-].[Mg+2]. The third kappa shape index (κ3) is 12.6. The van der Waals surface area contributed by atoms with E-state index in [1.165, 1.54) is 0 Å². The summed E-state index contributed by atoms with van der Waals surface area (Å²) in [6.07, 6.45) is -0.735. The van der Waals surface area contributed by atoms with Crippen LogP contribution in [0.15, 0.2) is 0 Å². The Kier molecular flexibility index (Phi) is 8.56. The van der Waals surface area contributed by atoms with E-state index in [1.54, 1.807) is 0 Å². The van der Waals surface area contributed by atoms with Crippen LogP contribution in [-0.4, -0.2) is 50.5 Å². The fourth-order valence-corrected chi connectivity index (χ4v) is 0.500. The molecule has 0 atom stereocenters. The minimum atomic E-state index is -1.70. The van der Waals surface area contributed by atoms with E-state index in [9.17, 15) is 9.59 Å². The van der Waals surface area contributed by atoms with Gasteiger partial charge in [-0.1, -0.05) is 34.8 Å². The predicted molar refractivity (Wildman–Crippen MR) is 51.5 cm³/mol. The number of halogens is 3. The molecule has 74 valence electrons. The van der Waals surface area contributed by atoms with Crippen molar-refractivity contribution in [1.82, 2.24) is 0 Å². The average Bonchev–Trinajstić information content (AvgIpc) is 1.80. The Morgan fingerprint density at radius 1 is 1.38 bits per heavy atom. The van der Waals surface area contributed by atoms with Gasteiger partial charge in [-0.2, -0.15) is 0 Å². The summed E-state index contributed by atoms with van der Waals surface area (Å²) in [6, 6.07) is 0. The number of carboxylic acid groups (broad SMARTS) is 1. The molecule has 0 fully saturated rings. The first-order valence-electron chi connectivity index (χ1n) is 2.75. The molecule has 0 aliphatic rings. The molecule has 0 aliphatic heterocycles. The van der Waals surface area contributed by atoms with Gasteiger partial charge in [0, 0.05) is 0 Å². The second kappa shape index (κ2) is 6.95. The van der Waals surface area contributed by atoms with E-state index in [1.807, 2.05) is 0 Å². The number of esters is 1. The predicted octanol–water partition coefficient (Wildman–Crippen LogP) is 1.22. The number of hydrogen-bond donors (Lipinski definition) is 1. The average molecular weight is 262 g/mol. The van der Waals surface area contributed by atoms with Crippen molar-refractivity contribution in [2.24, 2.45) is 0 Å². The molecule has 0 spiro atoms. The van der Waals surface area contributed by atoms with Crippen LogP contribution in [0.25, 0.3) is 0 Å². The van der Waals surface area contributed by atoms with Gasteiger partial charge in [0.1, 0.15) is 13.0 Å². The van der Waals surface area contributed by atoms with E-state index in [0.29, 0.717) is 0 Å². The zero-order valence-electron chi connectivity index (χ0n) is 8.43. The number of carboxylic acids is 1. The van der Waals surface area contributed by atoms with Gasteiger partial charge in [-0.3, -0.25) is 9.59 Å². The number of carbonyl (C=O) groups excluding carboxylic acids is 1. The Balaban J connectivity index is -0.000000202. The number of alkyl halides is 3. The summed E-state index contributed by atoms with van der Waals surface area (Å²) in [4.78, 5) is 20.5. The second-order valence-corrected chi connectivity index (χ2v) is 4.36. The molecule has 0 amide bonds. The van der Waals surface area contributed by atoms with Gasteiger partial charge in [-0.05, 0) is 0 Å². The summed E-state index contributed by atoms with van der Waals surface area (Å²) in [7, 11) is 0. The summed E-state index contributed by atoms with van der Waals surface area (Å²) in [5.41, 5.74) is 0. The molecule has 0 aromatic rings. The number of carbonyl (C=O) groups is 2. The quantitative estimate of drug-likeness (QED) is 0.359. The number of aliphatic carboxylic acids is 1. The van der Waals surface area contributed by atoms with Gasteiger partial charge in [-0.15, -0.1) is 0 Å². The van der Waals surface area contributed by atoms with Crippen LogP contribution in [-0.2, 0) is 14.3 Å². The molecule has 4 nitrogen and oxygen atoms in total. The van der Waals surface area contributed by atoms with E-state index in [0.717, 1.165) is 0 Å². The first-order chi connectivity index (χ1) is 5.31. The Bertz CT molecular complexity index is 199. The maximum atomic E-state index is 10.5. The van der Waals surface area contributed by atoms with Crippen LogP contribution < -0.4 is 0 Å². The molecule has 0 saturated carbocycles. The van der Waals surface area contributed by atoms with Crippen molar-refractivity contribution < 1.29 is 22.3 Å². The first-order valence-corrected chi connectivity index (χ1v) is 3.89. The summed E-state index contributed by atoms with van der Waals surface area (Å²) < 4.78 is 2.60. The van der Waals surface area contributed by atoms with Crippen molar-refractivity contribution in [3.8, 4) is 0 Å². The van der Waals surface area contributed by atoms with Gasteiger partial charge in [0.15, 0.2) is 0 Å². The molecule has 8 heteroatoms. The van der Waals surface area contributed by atoms with Crippen molar-refractivity contribution in [1.29, 1.82) is 0 Å². The fourth-order valence-electron chi connectivity index (χ4n) is 0.337. The Labute approximate surface area is 109 Å². The van der Waals surface area contributed by atoms with Gasteiger partial charge < -0.3 is 12.7 Å². The van der Waals surface area contributed by atoms with E-state index >= 15 is 0 Å². The summed E-state index contributed by atoms with van der Waals surface area (Å²) in [5.74, 6) is -2.22. The molecule has 0 aromatic heterocycles. The molecule has 0 aliphatic carbocycles. The van der Waals surface area contributed by atoms with Crippen molar-refractivity contribution in [2.75, 3.05) is 6.61 Å². The second-order valence-electron chi connectivity index (χ2n) is 1.85. The van der Waals surface area contributed by atoms with Crippen molar-refractivity contribution >= 4 is 69.8 Å². The fraction of sp³-hybridized carbons (Fsp3) is 0.600. The van der Waals surface area contributed by atoms with Crippen molar-refractivity contribution in [2.45, 2.75) is 10.2 Å². The molecular formula is C5H7Cl3MgO4. The van der Waals surface area contributed by atoms with Crippen molar-refractivity contribution in [3.05, 3.63) is 0 Å². The number of rotatable bonds is 3. The molecule has 0 rings (SSSR count). The molecule has 0 unspecified atom stereocenters. The minimum absolute atomic E-state index is 0. The smallest absolute Gasteiger partial charge is 1.00 e.